The van der Waals surface area contributed by atoms with Crippen molar-refractivity contribution in [3.8, 4) is 5.75 Å². The van der Waals surface area contributed by atoms with Gasteiger partial charge in [-0.1, -0.05) is 156 Å². The number of nitrogens with two attached hydrogens (primary N) is 5. The first-order chi connectivity index (χ1) is 71.5. The Balaban J connectivity index is 1.41. The summed E-state index contributed by atoms with van der Waals surface area (Å²) in [5, 5.41) is 76.3. The van der Waals surface area contributed by atoms with E-state index in [2.05, 4.69) is 102 Å². The number of benzene rings is 2. The van der Waals surface area contributed by atoms with E-state index in [4.69, 9.17) is 28.7 Å². The van der Waals surface area contributed by atoms with Gasteiger partial charge < -0.3 is 144 Å². The van der Waals surface area contributed by atoms with Gasteiger partial charge in [0.1, 0.15) is 90.3 Å². The maximum absolute atomic E-state index is 14.6. The van der Waals surface area contributed by atoms with Gasteiger partial charge in [-0.3, -0.25) is 91.1 Å². The van der Waals surface area contributed by atoms with Gasteiger partial charge in [-0.2, -0.15) is 0 Å². The number of fused-ring (bicyclic) bond motifs is 1. The molecule has 1 saturated heterocycles. The minimum atomic E-state index is -1.90. The highest BCUT2D eigenvalue weighted by atomic mass is 16.3. The molecule has 2 heterocycles. The summed E-state index contributed by atoms with van der Waals surface area (Å²) in [7, 11) is 1.52. The van der Waals surface area contributed by atoms with Crippen LogP contribution in [0.3, 0.4) is 0 Å². The lowest BCUT2D eigenvalue weighted by Gasteiger charge is -2.29. The molecular weight excluding hydrogens is 1940 g/mol. The number of para-hydroxylation sites is 1. The molecule has 842 valence electrons. The molecule has 15 atom stereocenters. The second-order valence-electron chi connectivity index (χ2n) is 40.2. The summed E-state index contributed by atoms with van der Waals surface area (Å²) >= 11 is 0. The van der Waals surface area contributed by atoms with Crippen molar-refractivity contribution in [2.45, 2.75) is 371 Å². The van der Waals surface area contributed by atoms with Gasteiger partial charge in [-0.25, -0.2) is 0 Å². The van der Waals surface area contributed by atoms with Gasteiger partial charge in [0.15, 0.2) is 0 Å². The number of aromatic nitrogens is 1. The second kappa shape index (κ2) is 72.0. The number of likely N-dealkylation sites (tertiary alicyclic amines) is 1. The van der Waals surface area contributed by atoms with Crippen LogP contribution >= 0.6 is 0 Å². The van der Waals surface area contributed by atoms with Crippen LogP contribution in [0.4, 0.5) is 0 Å². The number of primary amides is 2. The smallest absolute Gasteiger partial charge is 0.245 e. The summed E-state index contributed by atoms with van der Waals surface area (Å²) in [6.45, 7) is 13.4. The molecule has 4 rings (SSSR count). The van der Waals surface area contributed by atoms with Crippen molar-refractivity contribution in [1.82, 2.24) is 100 Å². The van der Waals surface area contributed by atoms with E-state index >= 15 is 0 Å². The zero-order valence-corrected chi connectivity index (χ0v) is 89.4. The van der Waals surface area contributed by atoms with Gasteiger partial charge in [-0.15, -0.1) is 0 Å². The largest absolute Gasteiger partial charge is 0.508 e. The fourth-order valence-corrected chi connectivity index (χ4v) is 17.4. The monoisotopic (exact) mass is 2110 g/mol. The topological polar surface area (TPSA) is 739 Å². The van der Waals surface area contributed by atoms with Crippen LogP contribution in [0.2, 0.25) is 0 Å². The van der Waals surface area contributed by atoms with Crippen molar-refractivity contribution in [2.24, 2.45) is 46.4 Å². The number of hydrogen-bond acceptors (Lipinski definition) is 26. The van der Waals surface area contributed by atoms with Gasteiger partial charge in [0, 0.05) is 49.5 Å². The van der Waals surface area contributed by atoms with E-state index in [-0.39, 0.29) is 126 Å². The van der Waals surface area contributed by atoms with Crippen LogP contribution < -0.4 is 119 Å². The predicted octanol–water partition coefficient (Wildman–Crippen LogP) is -0.549. The Morgan fingerprint density at radius 3 is 1.35 bits per heavy atom. The molecule has 2 aromatic carbocycles. The van der Waals surface area contributed by atoms with Crippen LogP contribution in [-0.4, -0.2) is 294 Å². The molecule has 0 bridgehead atoms. The summed E-state index contributed by atoms with van der Waals surface area (Å²) in [4.78, 5) is 268. The number of phenolic OH excluding ortho intramolecular Hbond substituents is 1. The average Bonchev–Trinajstić information content (AvgIpc) is 1.66. The number of aliphatic hydroxyl groups excluding tert-OH is 2. The van der Waals surface area contributed by atoms with Gasteiger partial charge >= 0.3 is 0 Å². The summed E-state index contributed by atoms with van der Waals surface area (Å²) < 4.78 is 0. The summed E-state index contributed by atoms with van der Waals surface area (Å²) in [6, 6.07) is -7.38. The Labute approximate surface area is 880 Å². The number of aliphatic hydroxyl groups is 2. The number of nitrogens with one attached hydrogen (secondary N) is 18. The molecule has 1 aliphatic heterocycles. The van der Waals surface area contributed by atoms with E-state index in [0.29, 0.717) is 81.9 Å². The van der Waals surface area contributed by atoms with E-state index < -0.39 is 223 Å². The maximum Gasteiger partial charge on any atom is 0.245 e. The van der Waals surface area contributed by atoms with Gasteiger partial charge in [0.05, 0.1) is 38.8 Å². The van der Waals surface area contributed by atoms with Crippen molar-refractivity contribution in [3.63, 3.8) is 0 Å². The van der Waals surface area contributed by atoms with E-state index in [1.165, 1.54) is 108 Å². The molecule has 1 aliphatic rings. The Morgan fingerprint density at radius 1 is 0.413 bits per heavy atom. The zero-order chi connectivity index (χ0) is 111. The molecule has 1 fully saturated rings. The van der Waals surface area contributed by atoms with E-state index in [1.54, 1.807) is 65.9 Å². The number of H-pyrrole nitrogens is 1. The van der Waals surface area contributed by atoms with Gasteiger partial charge in [-0.05, 0) is 203 Å². The number of aromatic hydroxyl groups is 1. The second-order valence-corrected chi connectivity index (χ2v) is 40.2. The highest BCUT2D eigenvalue weighted by Crippen LogP contribution is 2.24. The molecule has 150 heavy (non-hydrogen) atoms. The van der Waals surface area contributed by atoms with Crippen LogP contribution in [0.5, 0.6) is 5.75 Å². The van der Waals surface area contributed by atoms with E-state index in [1.807, 2.05) is 6.07 Å². The van der Waals surface area contributed by atoms with Crippen LogP contribution in [0, 0.1) is 17.8 Å². The minimum absolute atomic E-state index is 0.00930. The highest BCUT2D eigenvalue weighted by molar-refractivity contribution is 6.02. The number of likely N-dealkylation sites (N-methyl/N-ethyl adjacent to an activating group) is 1. The third-order valence-corrected chi connectivity index (χ3v) is 25.7. The van der Waals surface area contributed by atoms with Crippen molar-refractivity contribution >= 4 is 123 Å². The minimum Gasteiger partial charge on any atom is -0.508 e. The lowest BCUT2D eigenvalue weighted by atomic mass is 9.99. The molecule has 0 aliphatic carbocycles. The summed E-state index contributed by atoms with van der Waals surface area (Å²) in [6.07, 6.45) is 18.9. The van der Waals surface area contributed by atoms with Crippen LogP contribution in [-0.2, 0) is 104 Å². The zero-order valence-electron chi connectivity index (χ0n) is 89.4. The number of rotatable bonds is 78. The fraction of sp³-hybridized carbons (Fsp3) is 0.683. The van der Waals surface area contributed by atoms with E-state index in [0.717, 1.165) is 36.6 Å². The number of phenols is 1. The molecule has 3 aromatic rings. The lowest BCUT2D eigenvalue weighted by molar-refractivity contribution is -0.140. The number of carbonyl (C=O) groups is 19. The van der Waals surface area contributed by atoms with Crippen LogP contribution in [0.1, 0.15) is 279 Å². The number of aromatic amines is 1. The molecular formula is C104H174N24O22. The molecule has 0 saturated carbocycles. The molecule has 0 spiro atoms. The molecule has 46 heteroatoms. The SMILES string of the molecule is CCCCCCCCCCCCCCCC(=O)NCCCC[C@H](NC(=O)[C@H](CCCCN)NC(=O)[C@H](CCCCN)NC(=O)[C@H](CCCCN)NC(=O)[C@@H]1CCCN1C(=O)CNC(=O)[C@H](CC(C)C)NC(=O)[C@H](CC(C)C)NC(=O)[C@H](Cc1ccc(O)cc1)NC(=O)CNC(=O)[C@H](C)NC(=O)[C@H](CO)NC(=O)[C@H](CC(N)=O)NC(=O)[C@H](CC(C)C)NC(=O)[C@@H](NC(=O)[C@H](Cc1c[nH]c2ccccc12)NC(=O)CNC)[C@@H](C)O)C(N)=O. The molecule has 1 aromatic heterocycles. The third-order valence-electron chi connectivity index (χ3n) is 25.7. The first-order valence-electron chi connectivity index (χ1n) is 53.5. The highest BCUT2D eigenvalue weighted by Gasteiger charge is 2.41. The normalized spacial score (nSPS) is 15.2. The van der Waals surface area contributed by atoms with Crippen molar-refractivity contribution in [3.05, 3.63) is 65.9 Å². The third kappa shape index (κ3) is 50.4. The standard InChI is InChI=1S/C104H174N24O22/c1-11-12-13-14-15-16-17-18-19-20-21-22-23-42-86(133)111-50-33-29-37-73(91(109)137)118-94(140)74(38-26-30-47-105)119-95(141)75(39-27-31-48-106)120-96(142)76(40-28-32-49-107)121-103(149)84-41-34-51-128(84)89(136)61-114-93(139)77(52-63(2)3)122-97(143)78(53-64(4)5)123-99(145)80(55-68-43-45-70(131)46-44-68)116-88(135)60-113-92(138)66(8)115-102(148)83(62-129)126-100(146)82(57-85(108)132)124-98(144)79(54-65(6)7)125-104(150)90(67(9)130)127-101(147)81(117-87(134)59-110-10)56-69-58-112-72-36-25-24-35-71(69)72/h24-25,35-36,43-46,58,63-67,73-84,90,110,112,129-131H,11-23,26-34,37-42,47-57,59-62,105-107H2,1-10H3,(H2,108,132)(H2,109,137)(H,111,133)(H,113,138)(H,114,139)(H,115,148)(H,116,135)(H,117,134)(H,118,140)(H,119,141)(H,120,142)(H,121,149)(H,122,143)(H,123,145)(H,124,144)(H,125,150)(H,126,146)(H,127,147)/t66-,67+,73-,74-,75-,76-,77-,78-,79-,80-,81-,82-,83-,84-,90-/m0/s1. The van der Waals surface area contributed by atoms with Crippen LogP contribution in [0.15, 0.2) is 54.7 Å². The Morgan fingerprint density at radius 2 is 0.840 bits per heavy atom. The summed E-state index contributed by atoms with van der Waals surface area (Å²) in [5.41, 5.74) is 30.7. The number of unbranched alkanes of at least 4 members (excludes halogenated alkanes) is 16. The molecule has 46 nitrogen and oxygen atoms in total. The fourth-order valence-electron chi connectivity index (χ4n) is 17.4. The lowest BCUT2D eigenvalue weighted by Crippen LogP contribution is -2.62. The van der Waals surface area contributed by atoms with Crippen molar-refractivity contribution < 1.29 is 106 Å². The Hall–Kier alpha value is -12.5. The number of carbonyl (C=O) groups excluding carboxylic acids is 19. The summed E-state index contributed by atoms with van der Waals surface area (Å²) in [5.74, 6) is -17.3. The Bertz CT molecular complexity index is 4750. The van der Waals surface area contributed by atoms with Crippen molar-refractivity contribution in [1.29, 1.82) is 0 Å². The molecule has 0 unspecified atom stereocenters. The average molecular weight is 2110 g/mol. The number of amides is 19. The van der Waals surface area contributed by atoms with Crippen molar-refractivity contribution in [2.75, 3.05) is 66.0 Å². The molecule has 0 radical (unpaired) electrons. The predicted molar refractivity (Wildman–Crippen MR) is 565 cm³/mol. The quantitative estimate of drug-likeness (QED) is 0.0315. The van der Waals surface area contributed by atoms with Crippen LogP contribution in [0.25, 0.3) is 10.9 Å². The molecule has 19 amide bonds. The van der Waals surface area contributed by atoms with Gasteiger partial charge in [0.25, 0.3) is 0 Å². The first kappa shape index (κ1) is 130. The molecule has 31 N–H and O–H groups in total. The number of hydrogen-bond donors (Lipinski definition) is 26. The first-order valence-corrected chi connectivity index (χ1v) is 53.5. The Kier molecular flexibility index (Phi) is 62.3. The van der Waals surface area contributed by atoms with E-state index in [9.17, 15) is 106 Å². The van der Waals surface area contributed by atoms with Gasteiger partial charge in [0.2, 0.25) is 112 Å². The number of nitrogens with zero attached hydrogens (tertiary/aromatic N) is 1. The maximum atomic E-state index is 14.6.